The number of rotatable bonds is 5. The van der Waals surface area contributed by atoms with Crippen molar-refractivity contribution in [1.29, 1.82) is 0 Å². The summed E-state index contributed by atoms with van der Waals surface area (Å²) >= 11 is 0. The van der Waals surface area contributed by atoms with Crippen molar-refractivity contribution in [1.82, 2.24) is 5.32 Å². The number of hydrogen-bond acceptors (Lipinski definition) is 4. The van der Waals surface area contributed by atoms with Gasteiger partial charge in [-0.15, -0.1) is 0 Å². The SMILES string of the molecule is CC(O)CNC(=O)[C@@H](N)Cc1ccc(O)cc1. The van der Waals surface area contributed by atoms with Gasteiger partial charge in [-0.05, 0) is 31.0 Å². The van der Waals surface area contributed by atoms with E-state index >= 15 is 0 Å². The maximum absolute atomic E-state index is 11.5. The second kappa shape index (κ2) is 6.22. The molecule has 94 valence electrons. The van der Waals surface area contributed by atoms with Gasteiger partial charge in [0.2, 0.25) is 5.91 Å². The lowest BCUT2D eigenvalue weighted by Crippen LogP contribution is -2.44. The number of aliphatic hydroxyl groups is 1. The van der Waals surface area contributed by atoms with E-state index in [1.807, 2.05) is 0 Å². The fourth-order valence-corrected chi connectivity index (χ4v) is 1.36. The van der Waals surface area contributed by atoms with Gasteiger partial charge in [0.1, 0.15) is 5.75 Å². The minimum Gasteiger partial charge on any atom is -0.508 e. The molecule has 0 aliphatic carbocycles. The largest absolute Gasteiger partial charge is 0.508 e. The van der Waals surface area contributed by atoms with Gasteiger partial charge in [0.25, 0.3) is 0 Å². The number of nitrogens with two attached hydrogens (primary N) is 1. The summed E-state index contributed by atoms with van der Waals surface area (Å²) in [6.45, 7) is 1.79. The van der Waals surface area contributed by atoms with Crippen LogP contribution < -0.4 is 11.1 Å². The van der Waals surface area contributed by atoms with E-state index < -0.39 is 12.1 Å². The summed E-state index contributed by atoms with van der Waals surface area (Å²) in [6, 6.07) is 5.89. The molecule has 0 aromatic heterocycles. The molecule has 0 saturated heterocycles. The molecule has 0 bridgehead atoms. The summed E-state index contributed by atoms with van der Waals surface area (Å²) in [7, 11) is 0. The third-order valence-electron chi connectivity index (χ3n) is 2.30. The minimum absolute atomic E-state index is 0.181. The molecule has 1 aromatic rings. The van der Waals surface area contributed by atoms with Crippen LogP contribution >= 0.6 is 0 Å². The summed E-state index contributed by atoms with van der Waals surface area (Å²) in [4.78, 5) is 11.5. The predicted molar refractivity (Wildman–Crippen MR) is 64.5 cm³/mol. The average molecular weight is 238 g/mol. The lowest BCUT2D eigenvalue weighted by molar-refractivity contribution is -0.122. The van der Waals surface area contributed by atoms with E-state index in [0.29, 0.717) is 6.42 Å². The van der Waals surface area contributed by atoms with E-state index in [4.69, 9.17) is 15.9 Å². The first kappa shape index (κ1) is 13.5. The molecule has 0 spiro atoms. The normalized spacial score (nSPS) is 14.1. The van der Waals surface area contributed by atoms with Gasteiger partial charge < -0.3 is 21.3 Å². The summed E-state index contributed by atoms with van der Waals surface area (Å²) < 4.78 is 0. The van der Waals surface area contributed by atoms with E-state index in [1.54, 1.807) is 31.2 Å². The van der Waals surface area contributed by atoms with Gasteiger partial charge >= 0.3 is 0 Å². The van der Waals surface area contributed by atoms with Crippen LogP contribution in [0.5, 0.6) is 5.75 Å². The first-order valence-corrected chi connectivity index (χ1v) is 5.48. The molecule has 5 N–H and O–H groups in total. The van der Waals surface area contributed by atoms with Crippen molar-refractivity contribution in [2.75, 3.05) is 6.54 Å². The Morgan fingerprint density at radius 2 is 2.00 bits per heavy atom. The van der Waals surface area contributed by atoms with Gasteiger partial charge in [0, 0.05) is 6.54 Å². The first-order chi connectivity index (χ1) is 7.99. The number of carbonyl (C=O) groups is 1. The summed E-state index contributed by atoms with van der Waals surface area (Å²) in [5.41, 5.74) is 6.59. The Hall–Kier alpha value is -1.59. The Morgan fingerprint density at radius 1 is 1.41 bits per heavy atom. The quantitative estimate of drug-likeness (QED) is 0.569. The second-order valence-corrected chi connectivity index (χ2v) is 4.07. The summed E-state index contributed by atoms with van der Waals surface area (Å²) in [5.74, 6) is -0.111. The number of nitrogens with one attached hydrogen (secondary N) is 1. The highest BCUT2D eigenvalue weighted by atomic mass is 16.3. The van der Waals surface area contributed by atoms with Gasteiger partial charge in [0.05, 0.1) is 12.1 Å². The van der Waals surface area contributed by atoms with Gasteiger partial charge in [-0.3, -0.25) is 4.79 Å². The molecule has 5 heteroatoms. The van der Waals surface area contributed by atoms with E-state index in [9.17, 15) is 4.79 Å². The zero-order chi connectivity index (χ0) is 12.8. The molecule has 0 heterocycles. The van der Waals surface area contributed by atoms with Crippen LogP contribution in [0, 0.1) is 0 Å². The van der Waals surface area contributed by atoms with Crippen LogP contribution in [0.4, 0.5) is 0 Å². The van der Waals surface area contributed by atoms with Crippen LogP contribution in [-0.4, -0.2) is 34.8 Å². The molecular formula is C12H18N2O3. The van der Waals surface area contributed by atoms with Crippen molar-refractivity contribution < 1.29 is 15.0 Å². The average Bonchev–Trinajstić information content (AvgIpc) is 2.28. The minimum atomic E-state index is -0.654. The zero-order valence-electron chi connectivity index (χ0n) is 9.76. The Balaban J connectivity index is 2.45. The number of benzene rings is 1. The Morgan fingerprint density at radius 3 is 2.53 bits per heavy atom. The van der Waals surface area contributed by atoms with Crippen molar-refractivity contribution >= 4 is 5.91 Å². The Labute approximate surface area is 100 Å². The van der Waals surface area contributed by atoms with Crippen molar-refractivity contribution in [2.45, 2.75) is 25.5 Å². The van der Waals surface area contributed by atoms with E-state index in [-0.39, 0.29) is 18.2 Å². The van der Waals surface area contributed by atoms with Crippen LogP contribution in [-0.2, 0) is 11.2 Å². The van der Waals surface area contributed by atoms with E-state index in [1.165, 1.54) is 0 Å². The lowest BCUT2D eigenvalue weighted by Gasteiger charge is -2.13. The molecule has 2 atom stereocenters. The highest BCUT2D eigenvalue weighted by Gasteiger charge is 2.14. The van der Waals surface area contributed by atoms with Crippen molar-refractivity contribution in [3.05, 3.63) is 29.8 Å². The second-order valence-electron chi connectivity index (χ2n) is 4.07. The van der Waals surface area contributed by atoms with Crippen LogP contribution in [0.1, 0.15) is 12.5 Å². The third kappa shape index (κ3) is 4.84. The van der Waals surface area contributed by atoms with Crippen molar-refractivity contribution in [2.24, 2.45) is 5.73 Å². The topological polar surface area (TPSA) is 95.6 Å². The maximum Gasteiger partial charge on any atom is 0.237 e. The van der Waals surface area contributed by atoms with Crippen LogP contribution in [0.2, 0.25) is 0 Å². The first-order valence-electron chi connectivity index (χ1n) is 5.48. The molecule has 0 aliphatic heterocycles. The number of amides is 1. The maximum atomic E-state index is 11.5. The van der Waals surface area contributed by atoms with Crippen molar-refractivity contribution in [3.8, 4) is 5.75 Å². The molecule has 5 nitrogen and oxygen atoms in total. The Bertz CT molecular complexity index is 363. The summed E-state index contributed by atoms with van der Waals surface area (Å²) in [6.07, 6.45) is -0.189. The lowest BCUT2D eigenvalue weighted by atomic mass is 10.1. The number of aliphatic hydroxyl groups excluding tert-OH is 1. The van der Waals surface area contributed by atoms with Gasteiger partial charge in [-0.25, -0.2) is 0 Å². The van der Waals surface area contributed by atoms with Gasteiger partial charge in [0.15, 0.2) is 0 Å². The van der Waals surface area contributed by atoms with Gasteiger partial charge in [-0.1, -0.05) is 12.1 Å². The standard InChI is InChI=1S/C12H18N2O3/c1-8(15)7-14-12(17)11(13)6-9-2-4-10(16)5-3-9/h2-5,8,11,15-16H,6-7,13H2,1H3,(H,14,17)/t8?,11-/m0/s1. The van der Waals surface area contributed by atoms with Crippen LogP contribution in [0.3, 0.4) is 0 Å². The fraction of sp³-hybridized carbons (Fsp3) is 0.417. The molecule has 0 saturated carbocycles. The van der Waals surface area contributed by atoms with Gasteiger partial charge in [-0.2, -0.15) is 0 Å². The fourth-order valence-electron chi connectivity index (χ4n) is 1.36. The molecule has 1 unspecified atom stereocenters. The number of aromatic hydroxyl groups is 1. The highest BCUT2D eigenvalue weighted by molar-refractivity contribution is 5.81. The monoisotopic (exact) mass is 238 g/mol. The van der Waals surface area contributed by atoms with Crippen LogP contribution in [0.25, 0.3) is 0 Å². The number of hydrogen-bond donors (Lipinski definition) is 4. The molecule has 1 aromatic carbocycles. The van der Waals surface area contributed by atoms with Crippen molar-refractivity contribution in [3.63, 3.8) is 0 Å². The Kier molecular flexibility index (Phi) is 4.93. The van der Waals surface area contributed by atoms with Crippen LogP contribution in [0.15, 0.2) is 24.3 Å². The number of phenolic OH excluding ortho intramolecular Hbond substituents is 1. The van der Waals surface area contributed by atoms with E-state index in [2.05, 4.69) is 5.32 Å². The molecule has 0 aliphatic rings. The van der Waals surface area contributed by atoms with E-state index in [0.717, 1.165) is 5.56 Å². The molecule has 17 heavy (non-hydrogen) atoms. The number of carbonyl (C=O) groups excluding carboxylic acids is 1. The smallest absolute Gasteiger partial charge is 0.237 e. The zero-order valence-corrected chi connectivity index (χ0v) is 9.76. The molecule has 1 rings (SSSR count). The molecule has 0 radical (unpaired) electrons. The third-order valence-corrected chi connectivity index (χ3v) is 2.30. The highest BCUT2D eigenvalue weighted by Crippen LogP contribution is 2.10. The summed E-state index contributed by atoms with van der Waals surface area (Å²) in [5, 5.41) is 20.7. The molecule has 1 amide bonds. The number of phenols is 1. The molecule has 0 fully saturated rings. The predicted octanol–water partition coefficient (Wildman–Crippen LogP) is -0.241. The molecular weight excluding hydrogens is 220 g/mol.